The SMILES string of the molecule is O=C(c1ccncc1)N1CCCC(CBr)C1. The topological polar surface area (TPSA) is 33.2 Å². The average molecular weight is 283 g/mol. The summed E-state index contributed by atoms with van der Waals surface area (Å²) in [7, 11) is 0. The molecule has 3 nitrogen and oxygen atoms in total. The van der Waals surface area contributed by atoms with Crippen molar-refractivity contribution >= 4 is 21.8 Å². The minimum Gasteiger partial charge on any atom is -0.338 e. The molecule has 1 aromatic rings. The van der Waals surface area contributed by atoms with Crippen LogP contribution in [0, 0.1) is 5.92 Å². The number of alkyl halides is 1. The van der Waals surface area contributed by atoms with Gasteiger partial charge in [-0.3, -0.25) is 9.78 Å². The summed E-state index contributed by atoms with van der Waals surface area (Å²) in [6, 6.07) is 3.56. The first kappa shape index (κ1) is 11.6. The van der Waals surface area contributed by atoms with Crippen LogP contribution in [0.15, 0.2) is 24.5 Å². The van der Waals surface area contributed by atoms with E-state index in [-0.39, 0.29) is 5.91 Å². The Kier molecular flexibility index (Phi) is 3.93. The first-order valence-electron chi connectivity index (χ1n) is 5.56. The van der Waals surface area contributed by atoms with Gasteiger partial charge in [0.2, 0.25) is 0 Å². The van der Waals surface area contributed by atoms with Crippen LogP contribution in [-0.4, -0.2) is 34.2 Å². The minimum absolute atomic E-state index is 0.132. The minimum atomic E-state index is 0.132. The molecule has 86 valence electrons. The highest BCUT2D eigenvalue weighted by atomic mass is 79.9. The molecule has 1 atom stereocenters. The predicted octanol–water partition coefficient (Wildman–Crippen LogP) is 2.33. The summed E-state index contributed by atoms with van der Waals surface area (Å²) < 4.78 is 0. The molecular formula is C12H15BrN2O. The van der Waals surface area contributed by atoms with Crippen LogP contribution in [0.3, 0.4) is 0 Å². The van der Waals surface area contributed by atoms with Crippen LogP contribution in [0.5, 0.6) is 0 Å². The molecule has 0 bridgehead atoms. The maximum atomic E-state index is 12.1. The number of rotatable bonds is 2. The molecule has 1 aliphatic heterocycles. The van der Waals surface area contributed by atoms with Crippen molar-refractivity contribution in [1.82, 2.24) is 9.88 Å². The van der Waals surface area contributed by atoms with Gasteiger partial charge in [-0.15, -0.1) is 0 Å². The first-order valence-corrected chi connectivity index (χ1v) is 6.68. The molecule has 1 amide bonds. The fraction of sp³-hybridized carbons (Fsp3) is 0.500. The number of hydrogen-bond donors (Lipinski definition) is 0. The summed E-state index contributed by atoms with van der Waals surface area (Å²) in [6.07, 6.45) is 5.65. The fourth-order valence-electron chi connectivity index (χ4n) is 2.05. The van der Waals surface area contributed by atoms with E-state index in [0.717, 1.165) is 30.4 Å². The maximum Gasteiger partial charge on any atom is 0.253 e. The molecule has 0 N–H and O–H groups in total. The predicted molar refractivity (Wildman–Crippen MR) is 66.7 cm³/mol. The van der Waals surface area contributed by atoms with Crippen molar-refractivity contribution in [2.24, 2.45) is 5.92 Å². The Balaban J connectivity index is 2.05. The van der Waals surface area contributed by atoms with Gasteiger partial charge in [-0.25, -0.2) is 0 Å². The van der Waals surface area contributed by atoms with E-state index in [1.807, 2.05) is 4.90 Å². The molecule has 0 radical (unpaired) electrons. The van der Waals surface area contributed by atoms with Gasteiger partial charge < -0.3 is 4.90 Å². The summed E-state index contributed by atoms with van der Waals surface area (Å²) in [5.41, 5.74) is 0.741. The van der Waals surface area contributed by atoms with Crippen LogP contribution in [0.4, 0.5) is 0 Å². The van der Waals surface area contributed by atoms with Gasteiger partial charge in [0.25, 0.3) is 5.91 Å². The lowest BCUT2D eigenvalue weighted by atomic mass is 9.99. The zero-order valence-electron chi connectivity index (χ0n) is 9.10. The summed E-state index contributed by atoms with van der Waals surface area (Å²) in [4.78, 5) is 18.0. The number of carbonyl (C=O) groups is 1. The lowest BCUT2D eigenvalue weighted by Gasteiger charge is -2.31. The number of amides is 1. The summed E-state index contributed by atoms with van der Waals surface area (Å²) >= 11 is 3.50. The second-order valence-corrected chi connectivity index (χ2v) is 4.80. The fourth-order valence-corrected chi connectivity index (χ4v) is 2.58. The van der Waals surface area contributed by atoms with E-state index in [2.05, 4.69) is 20.9 Å². The van der Waals surface area contributed by atoms with E-state index in [4.69, 9.17) is 0 Å². The number of aromatic nitrogens is 1. The molecule has 0 aromatic carbocycles. The van der Waals surface area contributed by atoms with Crippen molar-refractivity contribution < 1.29 is 4.79 Å². The average Bonchev–Trinajstić information content (AvgIpc) is 2.39. The van der Waals surface area contributed by atoms with Crippen LogP contribution in [-0.2, 0) is 0 Å². The standard InChI is InChI=1S/C12H15BrN2O/c13-8-10-2-1-7-15(9-10)12(16)11-3-5-14-6-4-11/h3-6,10H,1-2,7-9H2. The van der Waals surface area contributed by atoms with Gasteiger partial charge in [0.05, 0.1) is 0 Å². The second-order valence-electron chi connectivity index (χ2n) is 4.15. The highest BCUT2D eigenvalue weighted by molar-refractivity contribution is 9.09. The van der Waals surface area contributed by atoms with Crippen LogP contribution in [0.2, 0.25) is 0 Å². The molecule has 1 aliphatic rings. The van der Waals surface area contributed by atoms with Gasteiger partial charge >= 0.3 is 0 Å². The molecule has 2 rings (SSSR count). The van der Waals surface area contributed by atoms with Gasteiger partial charge in [0, 0.05) is 36.4 Å². The number of nitrogens with zero attached hydrogens (tertiary/aromatic N) is 2. The lowest BCUT2D eigenvalue weighted by Crippen LogP contribution is -2.40. The van der Waals surface area contributed by atoms with E-state index in [0.29, 0.717) is 5.92 Å². The van der Waals surface area contributed by atoms with Crippen LogP contribution in [0.1, 0.15) is 23.2 Å². The van der Waals surface area contributed by atoms with E-state index < -0.39 is 0 Å². The Hall–Kier alpha value is -0.900. The number of carbonyl (C=O) groups excluding carboxylic acids is 1. The summed E-state index contributed by atoms with van der Waals surface area (Å²) in [5, 5.41) is 0.979. The van der Waals surface area contributed by atoms with Gasteiger partial charge in [0.15, 0.2) is 0 Å². The van der Waals surface area contributed by atoms with Crippen LogP contribution >= 0.6 is 15.9 Å². The van der Waals surface area contributed by atoms with Crippen molar-refractivity contribution in [3.63, 3.8) is 0 Å². The number of halogens is 1. The molecule has 2 heterocycles. The van der Waals surface area contributed by atoms with E-state index in [1.54, 1.807) is 24.5 Å². The number of hydrogen-bond acceptors (Lipinski definition) is 2. The Morgan fingerprint density at radius 1 is 1.50 bits per heavy atom. The molecule has 4 heteroatoms. The zero-order valence-corrected chi connectivity index (χ0v) is 10.7. The smallest absolute Gasteiger partial charge is 0.253 e. The Bertz CT molecular complexity index is 355. The largest absolute Gasteiger partial charge is 0.338 e. The highest BCUT2D eigenvalue weighted by Crippen LogP contribution is 2.19. The van der Waals surface area contributed by atoms with E-state index >= 15 is 0 Å². The molecule has 0 spiro atoms. The van der Waals surface area contributed by atoms with Crippen LogP contribution < -0.4 is 0 Å². The van der Waals surface area contributed by atoms with Gasteiger partial charge in [-0.1, -0.05) is 15.9 Å². The molecule has 1 aromatic heterocycles. The molecule has 0 aliphatic carbocycles. The van der Waals surface area contributed by atoms with Gasteiger partial charge in [-0.2, -0.15) is 0 Å². The number of piperidine rings is 1. The normalized spacial score (nSPS) is 20.8. The lowest BCUT2D eigenvalue weighted by molar-refractivity contribution is 0.0686. The molecule has 16 heavy (non-hydrogen) atoms. The third-order valence-electron chi connectivity index (χ3n) is 2.95. The Labute approximate surface area is 104 Å². The van der Waals surface area contributed by atoms with Crippen LogP contribution in [0.25, 0.3) is 0 Å². The molecule has 1 unspecified atom stereocenters. The number of pyridine rings is 1. The quantitative estimate of drug-likeness (QED) is 0.780. The molecule has 1 saturated heterocycles. The summed E-state index contributed by atoms with van der Waals surface area (Å²) in [6.45, 7) is 1.75. The van der Waals surface area contributed by atoms with Gasteiger partial charge in [-0.05, 0) is 30.9 Å². The van der Waals surface area contributed by atoms with Crippen molar-refractivity contribution in [3.05, 3.63) is 30.1 Å². The maximum absolute atomic E-state index is 12.1. The Morgan fingerprint density at radius 2 is 2.25 bits per heavy atom. The molecule has 0 saturated carbocycles. The molecular weight excluding hydrogens is 268 g/mol. The van der Waals surface area contributed by atoms with E-state index in [9.17, 15) is 4.79 Å². The highest BCUT2D eigenvalue weighted by Gasteiger charge is 2.23. The Morgan fingerprint density at radius 3 is 2.94 bits per heavy atom. The zero-order chi connectivity index (χ0) is 11.4. The van der Waals surface area contributed by atoms with Gasteiger partial charge in [0.1, 0.15) is 0 Å². The summed E-state index contributed by atoms with van der Waals surface area (Å²) in [5.74, 6) is 0.729. The number of likely N-dealkylation sites (tertiary alicyclic amines) is 1. The van der Waals surface area contributed by atoms with Crippen molar-refractivity contribution in [1.29, 1.82) is 0 Å². The third-order valence-corrected chi connectivity index (χ3v) is 3.87. The van der Waals surface area contributed by atoms with Crippen molar-refractivity contribution in [3.8, 4) is 0 Å². The first-order chi connectivity index (χ1) is 7.81. The van der Waals surface area contributed by atoms with Crippen molar-refractivity contribution in [2.75, 3.05) is 18.4 Å². The third kappa shape index (κ3) is 2.61. The van der Waals surface area contributed by atoms with Crippen molar-refractivity contribution in [2.45, 2.75) is 12.8 Å². The van der Waals surface area contributed by atoms with E-state index in [1.165, 1.54) is 6.42 Å². The second kappa shape index (κ2) is 5.43. The molecule has 1 fully saturated rings. The monoisotopic (exact) mass is 282 g/mol.